The van der Waals surface area contributed by atoms with E-state index in [0.29, 0.717) is 10.7 Å². The van der Waals surface area contributed by atoms with E-state index in [4.69, 9.17) is 21.4 Å². The van der Waals surface area contributed by atoms with Crippen LogP contribution in [0.4, 0.5) is 5.69 Å². The summed E-state index contributed by atoms with van der Waals surface area (Å²) in [6, 6.07) is 2.54. The lowest BCUT2D eigenvalue weighted by molar-refractivity contribution is -0.143. The molecule has 1 aromatic carbocycles. The zero-order chi connectivity index (χ0) is 14.2. The third kappa shape index (κ3) is 2.79. The second-order valence-electron chi connectivity index (χ2n) is 4.20. The number of fused-ring (bicyclic) bond motifs is 1. The molecule has 0 aliphatic carbocycles. The standard InChI is InChI=1S/C12H11ClINO4/c1-19-12(18)6-4-9(11(16)17)15-8-3-5(13)2-7(14)10(6)8/h2-3,6,9,15H,4H2,1H3,(H,16,17)/t6-,9-/m0/s1. The first kappa shape index (κ1) is 14.4. The summed E-state index contributed by atoms with van der Waals surface area (Å²) >= 11 is 8.04. The van der Waals surface area contributed by atoms with Gasteiger partial charge in [-0.05, 0) is 41.1 Å². The number of hydrogen-bond donors (Lipinski definition) is 2. The third-order valence-corrected chi connectivity index (χ3v) is 4.14. The Kier molecular flexibility index (Phi) is 4.19. The van der Waals surface area contributed by atoms with Gasteiger partial charge in [0.15, 0.2) is 0 Å². The van der Waals surface area contributed by atoms with E-state index in [-0.39, 0.29) is 6.42 Å². The van der Waals surface area contributed by atoms with Crippen LogP contribution in [0.15, 0.2) is 12.1 Å². The van der Waals surface area contributed by atoms with Crippen LogP contribution in [0.1, 0.15) is 17.9 Å². The van der Waals surface area contributed by atoms with Crippen molar-refractivity contribution in [1.29, 1.82) is 0 Å². The smallest absolute Gasteiger partial charge is 0.326 e. The summed E-state index contributed by atoms with van der Waals surface area (Å²) in [4.78, 5) is 23.0. The number of carbonyl (C=O) groups is 2. The van der Waals surface area contributed by atoms with E-state index in [2.05, 4.69) is 27.9 Å². The fraction of sp³-hybridized carbons (Fsp3) is 0.333. The highest BCUT2D eigenvalue weighted by atomic mass is 127. The summed E-state index contributed by atoms with van der Waals surface area (Å²) < 4.78 is 5.58. The quantitative estimate of drug-likeness (QED) is 0.594. The molecule has 2 rings (SSSR count). The van der Waals surface area contributed by atoms with Crippen LogP contribution >= 0.6 is 34.2 Å². The fourth-order valence-electron chi connectivity index (χ4n) is 2.18. The molecule has 0 fully saturated rings. The maximum Gasteiger partial charge on any atom is 0.326 e. The van der Waals surface area contributed by atoms with Gasteiger partial charge in [0.25, 0.3) is 0 Å². The predicted octanol–water partition coefficient (Wildman–Crippen LogP) is 2.47. The lowest BCUT2D eigenvalue weighted by atomic mass is 9.87. The van der Waals surface area contributed by atoms with E-state index in [1.807, 2.05) is 0 Å². The van der Waals surface area contributed by atoms with Crippen molar-refractivity contribution in [3.05, 3.63) is 26.3 Å². The lowest BCUT2D eigenvalue weighted by Gasteiger charge is -2.30. The SMILES string of the molecule is COC(=O)[C@H]1C[C@@H](C(=O)O)Nc2cc(Cl)cc(I)c21. The largest absolute Gasteiger partial charge is 0.480 e. The molecule has 0 spiro atoms. The van der Waals surface area contributed by atoms with Crippen molar-refractivity contribution in [3.8, 4) is 0 Å². The van der Waals surface area contributed by atoms with Gasteiger partial charge in [0.1, 0.15) is 6.04 Å². The van der Waals surface area contributed by atoms with E-state index in [1.165, 1.54) is 7.11 Å². The summed E-state index contributed by atoms with van der Waals surface area (Å²) in [5, 5.41) is 12.5. The Morgan fingerprint density at radius 2 is 2.21 bits per heavy atom. The molecule has 1 aliphatic heterocycles. The van der Waals surface area contributed by atoms with Crippen LogP contribution in [-0.2, 0) is 14.3 Å². The topological polar surface area (TPSA) is 75.6 Å². The number of carbonyl (C=O) groups excluding carboxylic acids is 1. The summed E-state index contributed by atoms with van der Waals surface area (Å²) in [7, 11) is 1.29. The van der Waals surface area contributed by atoms with Crippen molar-refractivity contribution in [3.63, 3.8) is 0 Å². The normalized spacial score (nSPS) is 21.2. The van der Waals surface area contributed by atoms with Gasteiger partial charge in [-0.1, -0.05) is 11.6 Å². The zero-order valence-electron chi connectivity index (χ0n) is 9.94. The van der Waals surface area contributed by atoms with Gasteiger partial charge in [-0.3, -0.25) is 4.79 Å². The molecule has 0 radical (unpaired) electrons. The van der Waals surface area contributed by atoms with Gasteiger partial charge in [0.05, 0.1) is 13.0 Å². The fourth-order valence-corrected chi connectivity index (χ4v) is 3.58. The molecule has 7 heteroatoms. The van der Waals surface area contributed by atoms with Crippen LogP contribution in [0.25, 0.3) is 0 Å². The van der Waals surface area contributed by atoms with E-state index in [1.54, 1.807) is 12.1 Å². The first-order chi connectivity index (χ1) is 8.93. The molecule has 0 bridgehead atoms. The number of hydrogen-bond acceptors (Lipinski definition) is 4. The molecule has 2 N–H and O–H groups in total. The molecule has 1 aromatic rings. The van der Waals surface area contributed by atoms with E-state index in [0.717, 1.165) is 9.13 Å². The van der Waals surface area contributed by atoms with Crippen molar-refractivity contribution in [1.82, 2.24) is 0 Å². The number of rotatable bonds is 2. The van der Waals surface area contributed by atoms with E-state index < -0.39 is 23.9 Å². The highest BCUT2D eigenvalue weighted by Crippen LogP contribution is 2.39. The number of halogens is 2. The van der Waals surface area contributed by atoms with Gasteiger partial charge in [0.2, 0.25) is 0 Å². The van der Waals surface area contributed by atoms with Gasteiger partial charge in [-0.2, -0.15) is 0 Å². The maximum atomic E-state index is 11.9. The van der Waals surface area contributed by atoms with Gasteiger partial charge in [0, 0.05) is 19.8 Å². The Hall–Kier alpha value is -1.02. The average molecular weight is 396 g/mol. The van der Waals surface area contributed by atoms with Gasteiger partial charge < -0.3 is 15.2 Å². The molecule has 19 heavy (non-hydrogen) atoms. The highest BCUT2D eigenvalue weighted by Gasteiger charge is 2.36. The number of nitrogens with one attached hydrogen (secondary N) is 1. The summed E-state index contributed by atoms with van der Waals surface area (Å²) in [5.41, 5.74) is 1.32. The Morgan fingerprint density at radius 3 is 2.79 bits per heavy atom. The molecule has 102 valence electrons. The van der Waals surface area contributed by atoms with Crippen molar-refractivity contribution >= 4 is 51.8 Å². The van der Waals surface area contributed by atoms with Crippen molar-refractivity contribution in [2.75, 3.05) is 12.4 Å². The van der Waals surface area contributed by atoms with Crippen LogP contribution in [0.3, 0.4) is 0 Å². The predicted molar refractivity (Wildman–Crippen MR) is 78.6 cm³/mol. The Balaban J connectivity index is 2.53. The number of anilines is 1. The van der Waals surface area contributed by atoms with Gasteiger partial charge in [-0.25, -0.2) is 4.79 Å². The lowest BCUT2D eigenvalue weighted by Crippen LogP contribution is -2.38. The molecular weight excluding hydrogens is 384 g/mol. The summed E-state index contributed by atoms with van der Waals surface area (Å²) in [6.07, 6.45) is 0.159. The van der Waals surface area contributed by atoms with Gasteiger partial charge in [-0.15, -0.1) is 0 Å². The molecule has 2 atom stereocenters. The molecule has 0 saturated carbocycles. The number of aliphatic carboxylic acids is 1. The number of carboxylic acids is 1. The first-order valence-corrected chi connectivity index (χ1v) is 6.95. The third-order valence-electron chi connectivity index (χ3n) is 3.03. The van der Waals surface area contributed by atoms with Crippen molar-refractivity contribution in [2.24, 2.45) is 0 Å². The number of benzene rings is 1. The molecule has 0 unspecified atom stereocenters. The second kappa shape index (κ2) is 5.54. The first-order valence-electron chi connectivity index (χ1n) is 5.50. The molecule has 1 aliphatic rings. The number of esters is 1. The Morgan fingerprint density at radius 1 is 1.53 bits per heavy atom. The summed E-state index contributed by atoms with van der Waals surface area (Å²) in [6.45, 7) is 0. The molecule has 0 amide bonds. The minimum atomic E-state index is -1.01. The van der Waals surface area contributed by atoms with Crippen LogP contribution < -0.4 is 5.32 Å². The Labute approximate surface area is 128 Å². The second-order valence-corrected chi connectivity index (χ2v) is 5.79. The van der Waals surface area contributed by atoms with Crippen molar-refractivity contribution in [2.45, 2.75) is 18.4 Å². The molecule has 1 heterocycles. The molecule has 0 saturated heterocycles. The highest BCUT2D eigenvalue weighted by molar-refractivity contribution is 14.1. The summed E-state index contributed by atoms with van der Waals surface area (Å²) in [5.74, 6) is -2.03. The number of carboxylic acid groups (broad SMARTS) is 1. The van der Waals surface area contributed by atoms with Crippen LogP contribution in [-0.4, -0.2) is 30.2 Å². The average Bonchev–Trinajstić information content (AvgIpc) is 2.35. The molecule has 5 nitrogen and oxygen atoms in total. The molecular formula is C12H11ClINO4. The zero-order valence-corrected chi connectivity index (χ0v) is 12.9. The van der Waals surface area contributed by atoms with E-state index >= 15 is 0 Å². The van der Waals surface area contributed by atoms with Crippen molar-refractivity contribution < 1.29 is 19.4 Å². The minimum absolute atomic E-state index is 0.159. The maximum absolute atomic E-state index is 11.9. The van der Waals surface area contributed by atoms with Crippen LogP contribution in [0.2, 0.25) is 5.02 Å². The monoisotopic (exact) mass is 395 g/mol. The minimum Gasteiger partial charge on any atom is -0.480 e. The van der Waals surface area contributed by atoms with E-state index in [9.17, 15) is 9.59 Å². The van der Waals surface area contributed by atoms with Gasteiger partial charge >= 0.3 is 11.9 Å². The van der Waals surface area contributed by atoms with Crippen LogP contribution in [0.5, 0.6) is 0 Å². The number of ether oxygens (including phenoxy) is 1. The molecule has 0 aromatic heterocycles. The van der Waals surface area contributed by atoms with Crippen LogP contribution in [0, 0.1) is 3.57 Å². The number of methoxy groups -OCH3 is 1. The Bertz CT molecular complexity index is 549.